The quantitative estimate of drug-likeness (QED) is 0.600. The molecule has 0 aromatic rings. The van der Waals surface area contributed by atoms with Gasteiger partial charge in [-0.05, 0) is 27.7 Å². The molecule has 0 unspecified atom stereocenters. The Morgan fingerprint density at radius 1 is 1.35 bits per heavy atom. The van der Waals surface area contributed by atoms with Crippen LogP contribution in [0.2, 0.25) is 0 Å². The summed E-state index contributed by atoms with van der Waals surface area (Å²) in [6.45, 7) is 7.35. The molecule has 0 aliphatic rings. The van der Waals surface area contributed by atoms with Crippen molar-refractivity contribution in [1.29, 1.82) is 0 Å². The van der Waals surface area contributed by atoms with Gasteiger partial charge in [0.25, 0.3) is 0 Å². The summed E-state index contributed by atoms with van der Waals surface area (Å²) in [6, 6.07) is 0.103. The van der Waals surface area contributed by atoms with Crippen LogP contribution in [0, 0.1) is 5.41 Å². The van der Waals surface area contributed by atoms with Crippen molar-refractivity contribution in [1.82, 2.24) is 10.6 Å². The minimum absolute atomic E-state index is 0.0894. The van der Waals surface area contributed by atoms with Gasteiger partial charge in [0.2, 0.25) is 11.8 Å². The fourth-order valence-corrected chi connectivity index (χ4v) is 1.11. The van der Waals surface area contributed by atoms with Crippen LogP contribution in [0.15, 0.2) is 0 Å². The summed E-state index contributed by atoms with van der Waals surface area (Å²) in [4.78, 5) is 23.1. The predicted molar refractivity (Wildman–Crippen MR) is 71.5 cm³/mol. The summed E-state index contributed by atoms with van der Waals surface area (Å²) in [7, 11) is 0. The van der Waals surface area contributed by atoms with Crippen LogP contribution in [0.25, 0.3) is 0 Å². The zero-order valence-electron chi connectivity index (χ0n) is 10.8. The smallest absolute Gasteiger partial charge is 0.232 e. The van der Waals surface area contributed by atoms with Gasteiger partial charge in [-0.15, -0.1) is 0 Å². The van der Waals surface area contributed by atoms with Crippen molar-refractivity contribution in [3.63, 3.8) is 0 Å². The number of nitrogens with one attached hydrogen (secondary N) is 2. The number of amides is 2. The van der Waals surface area contributed by atoms with Gasteiger partial charge in [-0.3, -0.25) is 9.59 Å². The van der Waals surface area contributed by atoms with Gasteiger partial charge in [0.15, 0.2) is 0 Å². The first-order valence-electron chi connectivity index (χ1n) is 5.55. The molecule has 0 saturated heterocycles. The molecule has 17 heavy (non-hydrogen) atoms. The second-order valence-corrected chi connectivity index (χ2v) is 5.16. The van der Waals surface area contributed by atoms with Crippen molar-refractivity contribution in [3.05, 3.63) is 0 Å². The average molecular weight is 259 g/mol. The maximum Gasteiger partial charge on any atom is 0.232 e. The SMILES string of the molecule is CC(C)NC(=O)CCNC(=O)C(C)(C)C(N)=S. The van der Waals surface area contributed by atoms with E-state index in [1.807, 2.05) is 13.8 Å². The maximum atomic E-state index is 11.7. The van der Waals surface area contributed by atoms with E-state index in [2.05, 4.69) is 10.6 Å². The van der Waals surface area contributed by atoms with Crippen molar-refractivity contribution in [2.45, 2.75) is 40.2 Å². The van der Waals surface area contributed by atoms with E-state index in [9.17, 15) is 9.59 Å². The maximum absolute atomic E-state index is 11.7. The highest BCUT2D eigenvalue weighted by Crippen LogP contribution is 2.14. The molecule has 2 amide bonds. The molecule has 0 heterocycles. The van der Waals surface area contributed by atoms with Crippen molar-refractivity contribution < 1.29 is 9.59 Å². The Hall–Kier alpha value is -1.17. The first kappa shape index (κ1) is 15.8. The van der Waals surface area contributed by atoms with Crippen molar-refractivity contribution in [2.24, 2.45) is 11.1 Å². The van der Waals surface area contributed by atoms with Crippen molar-refractivity contribution >= 4 is 29.0 Å². The normalized spacial score (nSPS) is 11.1. The third kappa shape index (κ3) is 5.63. The summed E-state index contributed by atoms with van der Waals surface area (Å²) in [5, 5.41) is 5.38. The molecular weight excluding hydrogens is 238 g/mol. The molecule has 4 N–H and O–H groups in total. The van der Waals surface area contributed by atoms with Gasteiger partial charge in [0.05, 0.1) is 10.4 Å². The molecule has 5 nitrogen and oxygen atoms in total. The summed E-state index contributed by atoms with van der Waals surface area (Å²) in [5.41, 5.74) is 4.57. The first-order chi connectivity index (χ1) is 7.67. The minimum Gasteiger partial charge on any atom is -0.392 e. The summed E-state index contributed by atoms with van der Waals surface area (Å²) >= 11 is 4.80. The van der Waals surface area contributed by atoms with Crippen LogP contribution in [0.5, 0.6) is 0 Å². The standard InChI is InChI=1S/C11H21N3O2S/c1-7(2)14-8(15)5-6-13-10(16)11(3,4)9(12)17/h7H,5-6H2,1-4H3,(H2,12,17)(H,13,16)(H,14,15). The van der Waals surface area contributed by atoms with Gasteiger partial charge in [0, 0.05) is 19.0 Å². The Balaban J connectivity index is 4.02. The van der Waals surface area contributed by atoms with Crippen LogP contribution in [-0.2, 0) is 9.59 Å². The van der Waals surface area contributed by atoms with Gasteiger partial charge in [0.1, 0.15) is 0 Å². The number of carbonyl (C=O) groups is 2. The topological polar surface area (TPSA) is 84.2 Å². The Bertz CT molecular complexity index is 314. The molecule has 6 heteroatoms. The van der Waals surface area contributed by atoms with E-state index in [4.69, 9.17) is 18.0 Å². The lowest BCUT2D eigenvalue weighted by molar-refractivity contribution is -0.126. The van der Waals surface area contributed by atoms with E-state index in [-0.39, 0.29) is 35.8 Å². The minimum atomic E-state index is -0.885. The highest BCUT2D eigenvalue weighted by atomic mass is 32.1. The van der Waals surface area contributed by atoms with E-state index in [0.717, 1.165) is 0 Å². The van der Waals surface area contributed by atoms with Crippen molar-refractivity contribution in [3.8, 4) is 0 Å². The number of hydrogen-bond acceptors (Lipinski definition) is 3. The molecule has 98 valence electrons. The van der Waals surface area contributed by atoms with Gasteiger partial charge in [-0.2, -0.15) is 0 Å². The fourth-order valence-electron chi connectivity index (χ4n) is 1.02. The lowest BCUT2D eigenvalue weighted by atomic mass is 9.92. The van der Waals surface area contributed by atoms with Crippen LogP contribution in [0.4, 0.5) is 0 Å². The molecule has 0 aliphatic carbocycles. The van der Waals surface area contributed by atoms with E-state index < -0.39 is 5.41 Å². The molecule has 0 spiro atoms. The number of thiocarbonyl (C=S) groups is 1. The fraction of sp³-hybridized carbons (Fsp3) is 0.727. The zero-order valence-corrected chi connectivity index (χ0v) is 11.6. The van der Waals surface area contributed by atoms with Crippen molar-refractivity contribution in [2.75, 3.05) is 6.54 Å². The zero-order chi connectivity index (χ0) is 13.6. The molecule has 0 rings (SSSR count). The monoisotopic (exact) mass is 259 g/mol. The molecule has 0 bridgehead atoms. The Labute approximate surface area is 108 Å². The molecule has 0 fully saturated rings. The molecule has 0 radical (unpaired) electrons. The Morgan fingerprint density at radius 3 is 2.29 bits per heavy atom. The number of nitrogens with two attached hydrogens (primary N) is 1. The largest absolute Gasteiger partial charge is 0.392 e. The molecule has 0 saturated carbocycles. The third-order valence-electron chi connectivity index (χ3n) is 2.27. The van der Waals surface area contributed by atoms with Gasteiger partial charge < -0.3 is 16.4 Å². The highest BCUT2D eigenvalue weighted by molar-refractivity contribution is 7.80. The molecule has 0 aliphatic heterocycles. The van der Waals surface area contributed by atoms with Gasteiger partial charge >= 0.3 is 0 Å². The highest BCUT2D eigenvalue weighted by Gasteiger charge is 2.30. The molecule has 0 atom stereocenters. The number of hydrogen-bond donors (Lipinski definition) is 3. The lowest BCUT2D eigenvalue weighted by Crippen LogP contribution is -2.45. The van der Waals surface area contributed by atoms with Crippen LogP contribution in [0.3, 0.4) is 0 Å². The van der Waals surface area contributed by atoms with Crippen LogP contribution in [0.1, 0.15) is 34.1 Å². The van der Waals surface area contributed by atoms with E-state index in [1.54, 1.807) is 13.8 Å². The van der Waals surface area contributed by atoms with E-state index >= 15 is 0 Å². The first-order valence-corrected chi connectivity index (χ1v) is 5.96. The summed E-state index contributed by atoms with van der Waals surface area (Å²) in [6.07, 6.45) is 0.247. The van der Waals surface area contributed by atoms with Gasteiger partial charge in [-0.1, -0.05) is 12.2 Å². The van der Waals surface area contributed by atoms with Crippen LogP contribution in [-0.4, -0.2) is 29.4 Å². The summed E-state index contributed by atoms with van der Waals surface area (Å²) in [5.74, 6) is -0.351. The second-order valence-electron chi connectivity index (χ2n) is 4.72. The number of rotatable bonds is 6. The molecule has 0 aromatic heterocycles. The Kier molecular flexibility index (Phi) is 6.09. The third-order valence-corrected chi connectivity index (χ3v) is 2.78. The second kappa shape index (κ2) is 6.54. The number of carbonyl (C=O) groups excluding carboxylic acids is 2. The van der Waals surface area contributed by atoms with Crippen LogP contribution >= 0.6 is 12.2 Å². The average Bonchev–Trinajstić information content (AvgIpc) is 2.15. The van der Waals surface area contributed by atoms with Crippen LogP contribution < -0.4 is 16.4 Å². The molecular formula is C11H21N3O2S. The molecule has 0 aromatic carbocycles. The Morgan fingerprint density at radius 2 is 1.88 bits per heavy atom. The summed E-state index contributed by atoms with van der Waals surface area (Å²) < 4.78 is 0. The van der Waals surface area contributed by atoms with Gasteiger partial charge in [-0.25, -0.2) is 0 Å². The van der Waals surface area contributed by atoms with E-state index in [1.165, 1.54) is 0 Å². The van der Waals surface area contributed by atoms with E-state index in [0.29, 0.717) is 0 Å². The predicted octanol–water partition coefficient (Wildman–Crippen LogP) is 0.330. The lowest BCUT2D eigenvalue weighted by Gasteiger charge is -2.21.